The van der Waals surface area contributed by atoms with Crippen LogP contribution in [0.15, 0.2) is 18.3 Å². The number of rotatable bonds is 4. The van der Waals surface area contributed by atoms with Crippen molar-refractivity contribution in [2.75, 3.05) is 0 Å². The van der Waals surface area contributed by atoms with Gasteiger partial charge in [-0.1, -0.05) is 19.8 Å². The van der Waals surface area contributed by atoms with Crippen LogP contribution in [0.4, 0.5) is 17.6 Å². The van der Waals surface area contributed by atoms with Crippen molar-refractivity contribution in [2.45, 2.75) is 57.3 Å². The molecule has 21 heavy (non-hydrogen) atoms. The molecule has 0 aliphatic heterocycles. The molecule has 1 heterocycles. The highest BCUT2D eigenvalue weighted by Gasteiger charge is 2.45. The average Bonchev–Trinajstić information content (AvgIpc) is 2.45. The Balaban J connectivity index is 2.10. The molecule has 0 aromatic carbocycles. The van der Waals surface area contributed by atoms with Gasteiger partial charge in [-0.3, -0.25) is 4.98 Å². The second-order valence-electron chi connectivity index (χ2n) is 5.57. The normalized spacial score (nSPS) is 24.8. The van der Waals surface area contributed by atoms with E-state index in [1.54, 1.807) is 0 Å². The van der Waals surface area contributed by atoms with Crippen molar-refractivity contribution in [1.29, 1.82) is 0 Å². The highest BCUT2D eigenvalue weighted by atomic mass is 19.4. The van der Waals surface area contributed by atoms with Gasteiger partial charge in [0.05, 0.1) is 17.8 Å². The van der Waals surface area contributed by atoms with Crippen LogP contribution in [0.5, 0.6) is 0 Å². The number of alkyl halides is 3. The molecule has 1 saturated carbocycles. The van der Waals surface area contributed by atoms with Crippen molar-refractivity contribution in [3.8, 4) is 0 Å². The molecule has 0 bridgehead atoms. The number of pyridine rings is 1. The van der Waals surface area contributed by atoms with E-state index in [9.17, 15) is 17.6 Å². The van der Waals surface area contributed by atoms with E-state index in [0.717, 1.165) is 12.6 Å². The molecule has 1 aliphatic carbocycles. The molecular weight excluding hydrogens is 284 g/mol. The standard InChI is InChI=1S/C15H20F4N2/c1-2-12(14-8-7-10(16)9-20-14)21-13-6-4-3-5-11(13)15(17,18)19/h7-9,11-13,21H,2-6H2,1H3. The van der Waals surface area contributed by atoms with Gasteiger partial charge in [0.1, 0.15) is 5.82 Å². The van der Waals surface area contributed by atoms with Crippen LogP contribution in [0.3, 0.4) is 0 Å². The van der Waals surface area contributed by atoms with Gasteiger partial charge in [0.25, 0.3) is 0 Å². The molecule has 1 aromatic heterocycles. The predicted octanol–water partition coefficient (Wildman–Crippen LogP) is 4.38. The maximum absolute atomic E-state index is 13.1. The van der Waals surface area contributed by atoms with Crippen molar-refractivity contribution < 1.29 is 17.6 Å². The zero-order chi connectivity index (χ0) is 15.5. The van der Waals surface area contributed by atoms with Gasteiger partial charge < -0.3 is 5.32 Å². The van der Waals surface area contributed by atoms with Crippen LogP contribution < -0.4 is 5.32 Å². The average molecular weight is 304 g/mol. The molecule has 0 saturated heterocycles. The smallest absolute Gasteiger partial charge is 0.305 e. The number of aromatic nitrogens is 1. The molecule has 2 rings (SSSR count). The number of nitrogens with one attached hydrogen (secondary N) is 1. The van der Waals surface area contributed by atoms with Gasteiger partial charge in [-0.2, -0.15) is 13.2 Å². The Morgan fingerprint density at radius 1 is 1.29 bits per heavy atom. The van der Waals surface area contributed by atoms with Gasteiger partial charge in [-0.25, -0.2) is 4.39 Å². The monoisotopic (exact) mass is 304 g/mol. The summed E-state index contributed by atoms with van der Waals surface area (Å²) in [7, 11) is 0. The van der Waals surface area contributed by atoms with Crippen LogP contribution in [-0.2, 0) is 0 Å². The van der Waals surface area contributed by atoms with Crippen molar-refractivity contribution in [1.82, 2.24) is 10.3 Å². The highest BCUT2D eigenvalue weighted by molar-refractivity contribution is 5.10. The first-order chi connectivity index (χ1) is 9.91. The van der Waals surface area contributed by atoms with Crippen LogP contribution in [0, 0.1) is 11.7 Å². The lowest BCUT2D eigenvalue weighted by atomic mass is 9.83. The van der Waals surface area contributed by atoms with E-state index in [2.05, 4.69) is 10.3 Å². The number of hydrogen-bond donors (Lipinski definition) is 1. The van der Waals surface area contributed by atoms with Crippen molar-refractivity contribution in [2.24, 2.45) is 5.92 Å². The minimum atomic E-state index is -4.17. The molecule has 3 atom stereocenters. The Bertz CT molecular complexity index is 444. The first-order valence-corrected chi connectivity index (χ1v) is 7.36. The fourth-order valence-corrected chi connectivity index (χ4v) is 2.99. The van der Waals surface area contributed by atoms with Crippen molar-refractivity contribution in [3.05, 3.63) is 29.8 Å². The summed E-state index contributed by atoms with van der Waals surface area (Å²) >= 11 is 0. The van der Waals surface area contributed by atoms with E-state index in [4.69, 9.17) is 0 Å². The Hall–Kier alpha value is -1.17. The zero-order valence-corrected chi connectivity index (χ0v) is 12.0. The second kappa shape index (κ2) is 6.73. The van der Waals surface area contributed by atoms with Gasteiger partial charge in [-0.05, 0) is 31.4 Å². The minimum Gasteiger partial charge on any atom is -0.305 e. The number of hydrogen-bond acceptors (Lipinski definition) is 2. The van der Waals surface area contributed by atoms with E-state index < -0.39 is 24.0 Å². The number of halogens is 4. The predicted molar refractivity (Wildman–Crippen MR) is 72.2 cm³/mol. The third kappa shape index (κ3) is 4.15. The van der Waals surface area contributed by atoms with Crippen molar-refractivity contribution >= 4 is 0 Å². The van der Waals surface area contributed by atoms with Crippen LogP contribution in [0.2, 0.25) is 0 Å². The number of nitrogens with zero attached hydrogens (tertiary/aromatic N) is 1. The molecule has 2 nitrogen and oxygen atoms in total. The van der Waals surface area contributed by atoms with Gasteiger partial charge in [0, 0.05) is 12.1 Å². The quantitative estimate of drug-likeness (QED) is 0.835. The summed E-state index contributed by atoms with van der Waals surface area (Å²) in [6.07, 6.45) is -0.351. The summed E-state index contributed by atoms with van der Waals surface area (Å²) in [6, 6.07) is 1.95. The summed E-state index contributed by atoms with van der Waals surface area (Å²) in [5, 5.41) is 3.09. The van der Waals surface area contributed by atoms with Gasteiger partial charge in [-0.15, -0.1) is 0 Å². The zero-order valence-electron chi connectivity index (χ0n) is 12.0. The second-order valence-corrected chi connectivity index (χ2v) is 5.57. The fraction of sp³-hybridized carbons (Fsp3) is 0.667. The van der Waals surface area contributed by atoms with E-state index >= 15 is 0 Å². The summed E-state index contributed by atoms with van der Waals surface area (Å²) in [4.78, 5) is 3.98. The van der Waals surface area contributed by atoms with Crippen molar-refractivity contribution in [3.63, 3.8) is 0 Å². The SMILES string of the molecule is CCC(NC1CCCCC1C(F)(F)F)c1ccc(F)cn1. The van der Waals surface area contributed by atoms with Gasteiger partial charge >= 0.3 is 6.18 Å². The lowest BCUT2D eigenvalue weighted by molar-refractivity contribution is -0.189. The Morgan fingerprint density at radius 2 is 2.00 bits per heavy atom. The van der Waals surface area contributed by atoms with Crippen LogP contribution in [-0.4, -0.2) is 17.2 Å². The molecule has 1 N–H and O–H groups in total. The summed E-state index contributed by atoms with van der Waals surface area (Å²) < 4.78 is 52.2. The Kier molecular flexibility index (Phi) is 5.19. The van der Waals surface area contributed by atoms with Gasteiger partial charge in [0.2, 0.25) is 0 Å². The lowest BCUT2D eigenvalue weighted by Gasteiger charge is -2.36. The molecule has 1 aliphatic rings. The Morgan fingerprint density at radius 3 is 2.57 bits per heavy atom. The Labute approximate surface area is 122 Å². The molecule has 0 radical (unpaired) electrons. The first kappa shape index (κ1) is 16.2. The van der Waals surface area contributed by atoms with E-state index in [0.29, 0.717) is 25.0 Å². The minimum absolute atomic E-state index is 0.175. The summed E-state index contributed by atoms with van der Waals surface area (Å²) in [5.41, 5.74) is 0.588. The van der Waals surface area contributed by atoms with E-state index in [1.807, 2.05) is 6.92 Å². The largest absolute Gasteiger partial charge is 0.393 e. The first-order valence-electron chi connectivity index (χ1n) is 7.36. The molecule has 0 spiro atoms. The van der Waals surface area contributed by atoms with Gasteiger partial charge in [0.15, 0.2) is 0 Å². The molecule has 118 valence electrons. The van der Waals surface area contributed by atoms with E-state index in [-0.39, 0.29) is 12.5 Å². The van der Waals surface area contributed by atoms with Crippen LogP contribution in [0.1, 0.15) is 50.8 Å². The summed E-state index contributed by atoms with van der Waals surface area (Å²) in [5.74, 6) is -1.75. The van der Waals surface area contributed by atoms with Crippen LogP contribution in [0.25, 0.3) is 0 Å². The lowest BCUT2D eigenvalue weighted by Crippen LogP contribution is -2.46. The van der Waals surface area contributed by atoms with Crippen LogP contribution >= 0.6 is 0 Å². The molecule has 1 aromatic rings. The maximum atomic E-state index is 13.1. The molecule has 3 unspecified atom stereocenters. The molecule has 0 amide bonds. The third-order valence-corrected chi connectivity index (χ3v) is 4.12. The maximum Gasteiger partial charge on any atom is 0.393 e. The molecule has 1 fully saturated rings. The summed E-state index contributed by atoms with van der Waals surface area (Å²) in [6.45, 7) is 1.88. The third-order valence-electron chi connectivity index (χ3n) is 4.12. The highest BCUT2D eigenvalue weighted by Crippen LogP contribution is 2.38. The molecule has 6 heteroatoms. The fourth-order valence-electron chi connectivity index (χ4n) is 2.99. The molecular formula is C15H20F4N2. The van der Waals surface area contributed by atoms with E-state index in [1.165, 1.54) is 12.1 Å². The topological polar surface area (TPSA) is 24.9 Å².